The van der Waals surface area contributed by atoms with Crippen LogP contribution in [0.1, 0.15) is 36.8 Å². The van der Waals surface area contributed by atoms with E-state index < -0.39 is 0 Å². The van der Waals surface area contributed by atoms with Crippen molar-refractivity contribution in [2.24, 2.45) is 0 Å². The third kappa shape index (κ3) is 4.35. The van der Waals surface area contributed by atoms with Crippen LogP contribution in [0.5, 0.6) is 11.5 Å². The lowest BCUT2D eigenvalue weighted by Gasteiger charge is -2.45. The van der Waals surface area contributed by atoms with Gasteiger partial charge in [0.25, 0.3) is 0 Å². The van der Waals surface area contributed by atoms with Gasteiger partial charge in [0.15, 0.2) is 11.5 Å². The predicted octanol–water partition coefficient (Wildman–Crippen LogP) is 5.85. The average Bonchev–Trinajstić information content (AvgIpc) is 3.25. The van der Waals surface area contributed by atoms with Crippen LogP contribution < -0.4 is 14.8 Å². The number of nitriles is 1. The molecule has 35 heavy (non-hydrogen) atoms. The van der Waals surface area contributed by atoms with Gasteiger partial charge in [0.2, 0.25) is 0 Å². The number of ether oxygens (including phenoxy) is 2. The standard InChI is InChI=1S/C30H33N3O2/c1-33-16-15-30(24-9-12-27(34-2)28(18-24)35-3)14-13-26(19-29(30)33)32-25-10-7-22(8-11-25)23-6-4-5-21(17-23)20-31/h4-12,17-18,26,29,32H,13-16,19H2,1-3H3/t26?,29-,30+/m1/s1. The predicted molar refractivity (Wildman–Crippen MR) is 140 cm³/mol. The van der Waals surface area contributed by atoms with Gasteiger partial charge >= 0.3 is 0 Å². The number of hydrogen-bond donors (Lipinski definition) is 1. The highest BCUT2D eigenvalue weighted by Gasteiger charge is 2.50. The summed E-state index contributed by atoms with van der Waals surface area (Å²) >= 11 is 0. The van der Waals surface area contributed by atoms with Crippen LogP contribution in [-0.2, 0) is 5.41 Å². The molecule has 1 unspecified atom stereocenters. The van der Waals surface area contributed by atoms with Crippen LogP contribution in [-0.4, -0.2) is 44.8 Å². The molecule has 180 valence electrons. The fraction of sp³-hybridized carbons (Fsp3) is 0.367. The number of nitrogens with one attached hydrogen (secondary N) is 1. The molecule has 0 spiro atoms. The molecule has 0 radical (unpaired) electrons. The van der Waals surface area contributed by atoms with E-state index in [1.54, 1.807) is 14.2 Å². The van der Waals surface area contributed by atoms with Gasteiger partial charge in [-0.3, -0.25) is 0 Å². The minimum atomic E-state index is 0.155. The van der Waals surface area contributed by atoms with Gasteiger partial charge in [-0.1, -0.05) is 30.3 Å². The molecule has 1 heterocycles. The first-order valence-corrected chi connectivity index (χ1v) is 12.4. The summed E-state index contributed by atoms with van der Waals surface area (Å²) in [6, 6.07) is 26.0. The molecule has 1 aliphatic heterocycles. The molecule has 3 aromatic carbocycles. The summed E-state index contributed by atoms with van der Waals surface area (Å²) in [6.45, 7) is 1.11. The van der Waals surface area contributed by atoms with E-state index in [9.17, 15) is 5.26 Å². The van der Waals surface area contributed by atoms with E-state index in [1.807, 2.05) is 24.3 Å². The van der Waals surface area contributed by atoms with Crippen molar-refractivity contribution in [2.45, 2.75) is 43.2 Å². The van der Waals surface area contributed by atoms with Crippen molar-refractivity contribution in [1.29, 1.82) is 5.26 Å². The number of rotatable bonds is 6. The van der Waals surface area contributed by atoms with Crippen LogP contribution in [0.15, 0.2) is 66.7 Å². The molecule has 1 saturated heterocycles. The van der Waals surface area contributed by atoms with Crippen molar-refractivity contribution in [1.82, 2.24) is 4.90 Å². The molecule has 1 N–H and O–H groups in total. The van der Waals surface area contributed by atoms with Crippen LogP contribution >= 0.6 is 0 Å². The zero-order valence-electron chi connectivity index (χ0n) is 20.8. The van der Waals surface area contributed by atoms with Gasteiger partial charge in [-0.25, -0.2) is 0 Å². The van der Waals surface area contributed by atoms with E-state index in [0.29, 0.717) is 17.6 Å². The second-order valence-corrected chi connectivity index (χ2v) is 9.86. The first-order chi connectivity index (χ1) is 17.1. The van der Waals surface area contributed by atoms with Crippen LogP contribution in [0.2, 0.25) is 0 Å². The minimum absolute atomic E-state index is 0.155. The van der Waals surface area contributed by atoms with E-state index in [1.165, 1.54) is 12.0 Å². The molecule has 0 amide bonds. The summed E-state index contributed by atoms with van der Waals surface area (Å²) in [5.41, 5.74) is 5.55. The van der Waals surface area contributed by atoms with Crippen molar-refractivity contribution in [3.05, 3.63) is 77.9 Å². The quantitative estimate of drug-likeness (QED) is 0.493. The molecule has 3 atom stereocenters. The summed E-state index contributed by atoms with van der Waals surface area (Å²) in [6.07, 6.45) is 4.56. The Morgan fingerprint density at radius 3 is 2.49 bits per heavy atom. The van der Waals surface area contributed by atoms with Crippen LogP contribution in [0.4, 0.5) is 5.69 Å². The number of nitrogens with zero attached hydrogens (tertiary/aromatic N) is 2. The third-order valence-electron chi connectivity index (χ3n) is 8.07. The molecular formula is C30H33N3O2. The van der Waals surface area contributed by atoms with Crippen molar-refractivity contribution in [3.8, 4) is 28.7 Å². The largest absolute Gasteiger partial charge is 0.493 e. The molecule has 5 rings (SSSR count). The van der Waals surface area contributed by atoms with E-state index in [4.69, 9.17) is 9.47 Å². The zero-order valence-corrected chi connectivity index (χ0v) is 20.8. The first-order valence-electron chi connectivity index (χ1n) is 12.4. The van der Waals surface area contributed by atoms with Crippen molar-refractivity contribution >= 4 is 5.69 Å². The Kier molecular flexibility index (Phi) is 6.40. The topological polar surface area (TPSA) is 57.5 Å². The second kappa shape index (κ2) is 9.64. The molecule has 2 aliphatic rings. The number of likely N-dealkylation sites (N-methyl/N-ethyl adjacent to an activating group) is 1. The van der Waals surface area contributed by atoms with E-state index >= 15 is 0 Å². The lowest BCUT2D eigenvalue weighted by molar-refractivity contribution is 0.172. The highest BCUT2D eigenvalue weighted by Crippen LogP contribution is 2.50. The summed E-state index contributed by atoms with van der Waals surface area (Å²) in [5.74, 6) is 1.60. The SMILES string of the molecule is COc1ccc([C@@]23CCC(Nc4ccc(-c5cccc(C#N)c5)cc4)C[C@H]2N(C)CC3)cc1OC. The molecule has 5 heteroatoms. The maximum atomic E-state index is 9.18. The van der Waals surface area contributed by atoms with E-state index in [-0.39, 0.29) is 5.41 Å². The van der Waals surface area contributed by atoms with E-state index in [0.717, 1.165) is 54.1 Å². The average molecular weight is 468 g/mol. The third-order valence-corrected chi connectivity index (χ3v) is 8.07. The summed E-state index contributed by atoms with van der Waals surface area (Å²) in [4.78, 5) is 2.54. The molecule has 3 aromatic rings. The Morgan fingerprint density at radius 1 is 0.943 bits per heavy atom. The minimum Gasteiger partial charge on any atom is -0.493 e. The molecule has 2 fully saturated rings. The fourth-order valence-corrected chi connectivity index (χ4v) is 6.16. The first kappa shape index (κ1) is 23.3. The van der Waals surface area contributed by atoms with Gasteiger partial charge in [0.05, 0.1) is 25.9 Å². The van der Waals surface area contributed by atoms with Crippen molar-refractivity contribution in [3.63, 3.8) is 0 Å². The summed E-state index contributed by atoms with van der Waals surface area (Å²) in [5, 5.41) is 13.0. The maximum Gasteiger partial charge on any atom is 0.161 e. The van der Waals surface area contributed by atoms with Gasteiger partial charge in [-0.05, 0) is 92.4 Å². The molecule has 0 bridgehead atoms. The summed E-state index contributed by atoms with van der Waals surface area (Å²) < 4.78 is 11.1. The van der Waals surface area contributed by atoms with Gasteiger partial charge in [-0.15, -0.1) is 0 Å². The fourth-order valence-electron chi connectivity index (χ4n) is 6.16. The number of anilines is 1. The zero-order chi connectivity index (χ0) is 24.4. The molecule has 5 nitrogen and oxygen atoms in total. The number of methoxy groups -OCH3 is 2. The lowest BCUT2D eigenvalue weighted by atomic mass is 9.65. The van der Waals surface area contributed by atoms with Crippen LogP contribution in [0.25, 0.3) is 11.1 Å². The lowest BCUT2D eigenvalue weighted by Crippen LogP contribution is -2.49. The molecule has 1 aliphatic carbocycles. The Bertz CT molecular complexity index is 1230. The number of hydrogen-bond acceptors (Lipinski definition) is 5. The van der Waals surface area contributed by atoms with Crippen molar-refractivity contribution in [2.75, 3.05) is 33.1 Å². The second-order valence-electron chi connectivity index (χ2n) is 9.86. The number of benzene rings is 3. The van der Waals surface area contributed by atoms with E-state index in [2.05, 4.69) is 65.8 Å². The Labute approximate surface area is 208 Å². The smallest absolute Gasteiger partial charge is 0.161 e. The Balaban J connectivity index is 1.32. The van der Waals surface area contributed by atoms with Gasteiger partial charge in [-0.2, -0.15) is 5.26 Å². The highest BCUT2D eigenvalue weighted by atomic mass is 16.5. The number of fused-ring (bicyclic) bond motifs is 1. The monoisotopic (exact) mass is 467 g/mol. The van der Waals surface area contributed by atoms with Crippen molar-refractivity contribution < 1.29 is 9.47 Å². The van der Waals surface area contributed by atoms with Crippen LogP contribution in [0.3, 0.4) is 0 Å². The Hall–Kier alpha value is -3.49. The van der Waals surface area contributed by atoms with Gasteiger partial charge in [0.1, 0.15) is 0 Å². The molecule has 1 saturated carbocycles. The Morgan fingerprint density at radius 2 is 1.74 bits per heavy atom. The molecular weight excluding hydrogens is 434 g/mol. The van der Waals surface area contributed by atoms with Gasteiger partial charge in [0, 0.05) is 23.2 Å². The van der Waals surface area contributed by atoms with Gasteiger partial charge < -0.3 is 19.7 Å². The number of likely N-dealkylation sites (tertiary alicyclic amines) is 1. The summed E-state index contributed by atoms with van der Waals surface area (Å²) in [7, 11) is 5.67. The van der Waals surface area contributed by atoms with Crippen LogP contribution in [0, 0.1) is 11.3 Å². The molecule has 0 aromatic heterocycles. The maximum absolute atomic E-state index is 9.18. The normalized spacial score (nSPS) is 23.8. The highest BCUT2D eigenvalue weighted by molar-refractivity contribution is 5.67.